The molecule has 0 aliphatic carbocycles. The van der Waals surface area contributed by atoms with E-state index in [9.17, 15) is 0 Å². The summed E-state index contributed by atoms with van der Waals surface area (Å²) in [6.45, 7) is 0. The van der Waals surface area contributed by atoms with Crippen LogP contribution in [0, 0.1) is 0 Å². The first-order valence-electron chi connectivity index (χ1n) is 13.6. The third kappa shape index (κ3) is 6.99. The van der Waals surface area contributed by atoms with Gasteiger partial charge >= 0.3 is 0 Å². The van der Waals surface area contributed by atoms with Gasteiger partial charge in [0.05, 0.1) is 19.9 Å². The number of thiazole rings is 1. The van der Waals surface area contributed by atoms with Crippen molar-refractivity contribution in [3.63, 3.8) is 0 Å². The van der Waals surface area contributed by atoms with Gasteiger partial charge in [-0.2, -0.15) is 0 Å². The van der Waals surface area contributed by atoms with E-state index >= 15 is 0 Å². The first kappa shape index (κ1) is 28.3. The highest BCUT2D eigenvalue weighted by Crippen LogP contribution is 2.32. The van der Waals surface area contributed by atoms with Crippen LogP contribution in [0.15, 0.2) is 114 Å². The van der Waals surface area contributed by atoms with Gasteiger partial charge in [-0.15, -0.1) is 21.5 Å². The van der Waals surface area contributed by atoms with E-state index in [-0.39, 0.29) is 0 Å². The second-order valence-electron chi connectivity index (χ2n) is 9.43. The van der Waals surface area contributed by atoms with Crippen LogP contribution in [0.2, 0.25) is 0 Å². The van der Waals surface area contributed by atoms with E-state index in [1.165, 1.54) is 0 Å². The van der Waals surface area contributed by atoms with E-state index in [0.717, 1.165) is 50.2 Å². The molecule has 0 saturated heterocycles. The van der Waals surface area contributed by atoms with E-state index < -0.39 is 0 Å². The minimum Gasteiger partial charge on any atom is -0.493 e. The lowest BCUT2D eigenvalue weighted by atomic mass is 10.1. The summed E-state index contributed by atoms with van der Waals surface area (Å²) in [7, 11) is 3.27. The van der Waals surface area contributed by atoms with E-state index in [1.807, 2.05) is 103 Å². The summed E-state index contributed by atoms with van der Waals surface area (Å²) in [4.78, 5) is 4.77. The summed E-state index contributed by atoms with van der Waals surface area (Å²) < 4.78 is 19.1. The molecule has 0 radical (unpaired) electrons. The average Bonchev–Trinajstić information content (AvgIpc) is 3.67. The SMILES string of the molecule is COc1ccc(Cc2nnc(SCc3csc(Nc4ccccc4)n3)n2-c2ccc(Oc3ccccc3)cc2)cc1OC. The first-order chi connectivity index (χ1) is 21.2. The third-order valence-electron chi connectivity index (χ3n) is 6.51. The molecule has 4 aromatic carbocycles. The number of para-hydroxylation sites is 2. The number of anilines is 2. The molecule has 2 heterocycles. The van der Waals surface area contributed by atoms with Crippen molar-refractivity contribution in [2.45, 2.75) is 17.3 Å². The van der Waals surface area contributed by atoms with Crippen molar-refractivity contribution < 1.29 is 14.2 Å². The van der Waals surface area contributed by atoms with Crippen molar-refractivity contribution in [2.75, 3.05) is 19.5 Å². The zero-order chi connectivity index (χ0) is 29.4. The Balaban J connectivity index is 1.25. The van der Waals surface area contributed by atoms with E-state index in [2.05, 4.69) is 25.5 Å². The van der Waals surface area contributed by atoms with Gasteiger partial charge < -0.3 is 19.5 Å². The van der Waals surface area contributed by atoms with Crippen LogP contribution in [-0.4, -0.2) is 34.0 Å². The Kier molecular flexibility index (Phi) is 8.86. The molecule has 6 aromatic rings. The number of rotatable bonds is 12. The second-order valence-corrected chi connectivity index (χ2v) is 11.2. The monoisotopic (exact) mass is 607 g/mol. The summed E-state index contributed by atoms with van der Waals surface area (Å²) in [5.74, 6) is 4.34. The lowest BCUT2D eigenvalue weighted by Gasteiger charge is -2.13. The van der Waals surface area contributed by atoms with E-state index in [4.69, 9.17) is 19.2 Å². The van der Waals surface area contributed by atoms with E-state index in [1.54, 1.807) is 37.3 Å². The van der Waals surface area contributed by atoms with Crippen molar-refractivity contribution in [2.24, 2.45) is 0 Å². The minimum atomic E-state index is 0.554. The maximum Gasteiger partial charge on any atom is 0.196 e. The highest BCUT2D eigenvalue weighted by molar-refractivity contribution is 7.98. The minimum absolute atomic E-state index is 0.554. The van der Waals surface area contributed by atoms with Gasteiger partial charge in [-0.3, -0.25) is 4.57 Å². The number of thioether (sulfide) groups is 1. The number of hydrogen-bond donors (Lipinski definition) is 1. The van der Waals surface area contributed by atoms with Crippen molar-refractivity contribution >= 4 is 33.9 Å². The predicted molar refractivity (Wildman–Crippen MR) is 172 cm³/mol. The molecule has 0 aliphatic heterocycles. The molecule has 216 valence electrons. The normalized spacial score (nSPS) is 10.8. The zero-order valence-electron chi connectivity index (χ0n) is 23.6. The molecular weight excluding hydrogens is 579 g/mol. The highest BCUT2D eigenvalue weighted by Gasteiger charge is 2.17. The smallest absolute Gasteiger partial charge is 0.196 e. The molecule has 1 N–H and O–H groups in total. The van der Waals surface area contributed by atoms with Gasteiger partial charge in [0.1, 0.15) is 17.3 Å². The maximum atomic E-state index is 6.02. The molecule has 0 aliphatic rings. The number of methoxy groups -OCH3 is 2. The molecule has 0 spiro atoms. The fourth-order valence-electron chi connectivity index (χ4n) is 4.44. The number of benzene rings is 4. The van der Waals surface area contributed by atoms with Crippen LogP contribution >= 0.6 is 23.1 Å². The van der Waals surface area contributed by atoms with Gasteiger partial charge in [-0.25, -0.2) is 4.98 Å². The predicted octanol–water partition coefficient (Wildman–Crippen LogP) is 8.16. The van der Waals surface area contributed by atoms with Crippen LogP contribution in [0.3, 0.4) is 0 Å². The van der Waals surface area contributed by atoms with Crippen molar-refractivity contribution in [3.05, 3.63) is 126 Å². The van der Waals surface area contributed by atoms with Crippen LogP contribution in [0.25, 0.3) is 5.69 Å². The molecule has 8 nitrogen and oxygen atoms in total. The van der Waals surface area contributed by atoms with Gasteiger partial charge in [-0.05, 0) is 66.2 Å². The van der Waals surface area contributed by atoms with Crippen LogP contribution in [0.1, 0.15) is 17.1 Å². The zero-order valence-corrected chi connectivity index (χ0v) is 25.3. The first-order valence-corrected chi connectivity index (χ1v) is 15.4. The lowest BCUT2D eigenvalue weighted by molar-refractivity contribution is 0.354. The van der Waals surface area contributed by atoms with Crippen LogP contribution in [-0.2, 0) is 12.2 Å². The Bertz CT molecular complexity index is 1770. The largest absolute Gasteiger partial charge is 0.493 e. The summed E-state index contributed by atoms with van der Waals surface area (Å²) in [6.07, 6.45) is 0.554. The van der Waals surface area contributed by atoms with Crippen molar-refractivity contribution in [1.82, 2.24) is 19.7 Å². The molecule has 0 atom stereocenters. The Hall–Kier alpha value is -4.80. The Labute approximate surface area is 258 Å². The molecule has 2 aromatic heterocycles. The fraction of sp³-hybridized carbons (Fsp3) is 0.121. The molecule has 0 amide bonds. The lowest BCUT2D eigenvalue weighted by Crippen LogP contribution is -2.04. The number of hydrogen-bond acceptors (Lipinski definition) is 9. The molecule has 0 bridgehead atoms. The topological polar surface area (TPSA) is 83.3 Å². The van der Waals surface area contributed by atoms with Gasteiger partial charge in [-0.1, -0.05) is 54.2 Å². The Morgan fingerprint density at radius 1 is 0.791 bits per heavy atom. The third-order valence-corrected chi connectivity index (χ3v) is 8.28. The average molecular weight is 608 g/mol. The van der Waals surface area contributed by atoms with Crippen LogP contribution in [0.4, 0.5) is 10.8 Å². The summed E-state index contributed by atoms with van der Waals surface area (Å²) >= 11 is 3.18. The van der Waals surface area contributed by atoms with E-state index in [0.29, 0.717) is 23.7 Å². The van der Waals surface area contributed by atoms with Crippen molar-refractivity contribution in [1.29, 1.82) is 0 Å². The fourth-order valence-corrected chi connectivity index (χ4v) is 6.14. The number of nitrogens with one attached hydrogen (secondary N) is 1. The van der Waals surface area contributed by atoms with Gasteiger partial charge in [0.25, 0.3) is 0 Å². The van der Waals surface area contributed by atoms with Crippen LogP contribution in [0.5, 0.6) is 23.0 Å². The molecule has 0 saturated carbocycles. The summed E-state index contributed by atoms with van der Waals surface area (Å²) in [5, 5.41) is 16.3. The van der Waals surface area contributed by atoms with Gasteiger partial charge in [0, 0.05) is 28.9 Å². The molecule has 10 heteroatoms. The van der Waals surface area contributed by atoms with Crippen LogP contribution < -0.4 is 19.5 Å². The standard InChI is InChI=1S/C33H29N5O3S2/c1-39-29-18-13-23(19-30(29)40-2)20-31-36-37-33(43-22-25-21-42-32(35-25)34-24-9-5-3-6-10-24)38(31)26-14-16-28(17-15-26)41-27-11-7-4-8-12-27/h3-19,21H,20,22H2,1-2H3,(H,34,35). The second kappa shape index (κ2) is 13.5. The summed E-state index contributed by atoms with van der Waals surface area (Å²) in [5.41, 5.74) is 3.95. The molecule has 0 fully saturated rings. The number of nitrogens with zero attached hydrogens (tertiary/aromatic N) is 4. The maximum absolute atomic E-state index is 6.02. The Morgan fingerprint density at radius 2 is 1.51 bits per heavy atom. The number of ether oxygens (including phenoxy) is 3. The quantitative estimate of drug-likeness (QED) is 0.140. The highest BCUT2D eigenvalue weighted by atomic mass is 32.2. The Morgan fingerprint density at radius 3 is 2.26 bits per heavy atom. The molecule has 0 unspecified atom stereocenters. The number of aromatic nitrogens is 4. The van der Waals surface area contributed by atoms with Crippen molar-refractivity contribution in [3.8, 4) is 28.7 Å². The molecular formula is C33H29N5O3S2. The molecule has 6 rings (SSSR count). The van der Waals surface area contributed by atoms with Gasteiger partial charge in [0.2, 0.25) is 0 Å². The molecule has 43 heavy (non-hydrogen) atoms. The van der Waals surface area contributed by atoms with Gasteiger partial charge in [0.15, 0.2) is 21.8 Å². The summed E-state index contributed by atoms with van der Waals surface area (Å²) in [6, 6.07) is 33.6.